The average molecular weight is 384 g/mol. The Morgan fingerprint density at radius 3 is 3.04 bits per heavy atom. The zero-order valence-electron chi connectivity index (χ0n) is 12.5. The lowest BCUT2D eigenvalue weighted by Crippen LogP contribution is -2.22. The smallest absolute Gasteiger partial charge is 0.127 e. The highest BCUT2D eigenvalue weighted by Crippen LogP contribution is 2.42. The minimum Gasteiger partial charge on any atom is -0.370 e. The van der Waals surface area contributed by atoms with Crippen LogP contribution in [-0.4, -0.2) is 10.4 Å². The third kappa shape index (κ3) is 3.56. The number of nitrogens with two attached hydrogens (primary N) is 1. The summed E-state index contributed by atoms with van der Waals surface area (Å²) in [4.78, 5) is 2.50. The molecule has 1 aliphatic carbocycles. The molecule has 0 saturated heterocycles. The van der Waals surface area contributed by atoms with Crippen LogP contribution in [0.2, 0.25) is 5.02 Å². The molecule has 0 amide bonds. The molecule has 0 unspecified atom stereocenters. The summed E-state index contributed by atoms with van der Waals surface area (Å²) in [6.45, 7) is 0.834. The first kappa shape index (κ1) is 15.8. The highest BCUT2D eigenvalue weighted by Gasteiger charge is 2.25. The second-order valence-corrected chi connectivity index (χ2v) is 9.39. The fourth-order valence-corrected chi connectivity index (χ4v) is 5.94. The topological polar surface area (TPSA) is 50.9 Å². The van der Waals surface area contributed by atoms with Crippen LogP contribution in [0.15, 0.2) is 17.5 Å². The van der Waals surface area contributed by atoms with Crippen LogP contribution >= 0.6 is 45.8 Å². The largest absolute Gasteiger partial charge is 0.370 e. The minimum atomic E-state index is 0.217. The maximum Gasteiger partial charge on any atom is 0.127 e. The van der Waals surface area contributed by atoms with Gasteiger partial charge in [0.2, 0.25) is 0 Å². The number of hydrogen-bond donors (Lipinski definition) is 2. The number of aromatic nitrogens is 1. The summed E-state index contributed by atoms with van der Waals surface area (Å²) in [5.41, 5.74) is 7.22. The Balaban J connectivity index is 1.50. The lowest BCUT2D eigenvalue weighted by atomic mass is 10.1. The summed E-state index contributed by atoms with van der Waals surface area (Å²) in [6, 6.07) is 4.43. The highest BCUT2D eigenvalue weighted by atomic mass is 35.5. The average Bonchev–Trinajstić information content (AvgIpc) is 2.95. The quantitative estimate of drug-likeness (QED) is 0.577. The van der Waals surface area contributed by atoms with E-state index in [4.69, 9.17) is 17.3 Å². The number of hydrogen-bond acceptors (Lipinski definition) is 6. The van der Waals surface area contributed by atoms with Crippen molar-refractivity contribution in [2.75, 3.05) is 5.32 Å². The molecule has 0 radical (unpaired) electrons. The van der Waals surface area contributed by atoms with Crippen molar-refractivity contribution in [3.05, 3.63) is 32.3 Å². The number of nitrogens with one attached hydrogen (secondary N) is 1. The molecule has 0 aliphatic heterocycles. The van der Waals surface area contributed by atoms with Gasteiger partial charge in [-0.1, -0.05) is 30.5 Å². The second kappa shape index (κ2) is 6.69. The van der Waals surface area contributed by atoms with Gasteiger partial charge >= 0.3 is 0 Å². The van der Waals surface area contributed by atoms with Gasteiger partial charge < -0.3 is 11.1 Å². The molecule has 4 rings (SSSR count). The van der Waals surface area contributed by atoms with Crippen LogP contribution in [0.1, 0.15) is 29.0 Å². The van der Waals surface area contributed by atoms with Gasteiger partial charge in [0.15, 0.2) is 0 Å². The van der Waals surface area contributed by atoms with E-state index in [1.807, 2.05) is 0 Å². The van der Waals surface area contributed by atoms with Crippen molar-refractivity contribution in [1.29, 1.82) is 0 Å². The summed E-state index contributed by atoms with van der Waals surface area (Å²) in [6.07, 6.45) is 4.68. The van der Waals surface area contributed by atoms with Gasteiger partial charge in [0.1, 0.15) is 10.5 Å². The third-order valence-electron chi connectivity index (χ3n) is 4.11. The van der Waals surface area contributed by atoms with E-state index in [9.17, 15) is 0 Å². The van der Waals surface area contributed by atoms with E-state index in [2.05, 4.69) is 27.2 Å². The van der Waals surface area contributed by atoms with Crippen LogP contribution in [0.25, 0.3) is 10.2 Å². The Morgan fingerprint density at radius 1 is 1.43 bits per heavy atom. The molecule has 3 aromatic rings. The zero-order chi connectivity index (χ0) is 15.8. The van der Waals surface area contributed by atoms with Gasteiger partial charge in [-0.25, -0.2) is 0 Å². The third-order valence-corrected chi connectivity index (χ3v) is 7.66. The number of fused-ring (bicyclic) bond motifs is 1. The SMILES string of the molecule is N[C@H](Cc1sc2c(NCc3cccs3)snc2c1Cl)CC1CC1. The van der Waals surface area contributed by atoms with Crippen molar-refractivity contribution >= 4 is 61.0 Å². The second-order valence-electron chi connectivity index (χ2n) is 6.10. The Bertz CT molecular complexity index is 789. The predicted molar refractivity (Wildman–Crippen MR) is 103 cm³/mol. The minimum absolute atomic E-state index is 0.217. The molecule has 0 spiro atoms. The van der Waals surface area contributed by atoms with E-state index in [1.165, 1.54) is 38.8 Å². The Labute approximate surface area is 152 Å². The van der Waals surface area contributed by atoms with Crippen LogP contribution in [0.4, 0.5) is 5.00 Å². The van der Waals surface area contributed by atoms with Crippen LogP contribution in [0.3, 0.4) is 0 Å². The van der Waals surface area contributed by atoms with Crippen molar-refractivity contribution in [3.63, 3.8) is 0 Å². The maximum atomic E-state index is 6.54. The Morgan fingerprint density at radius 2 is 2.30 bits per heavy atom. The number of anilines is 1. The normalized spacial score (nSPS) is 16.1. The fraction of sp³-hybridized carbons (Fsp3) is 0.438. The number of thiophene rings is 2. The molecule has 1 aliphatic rings. The molecule has 0 aromatic carbocycles. The van der Waals surface area contributed by atoms with E-state index in [0.717, 1.165) is 40.8 Å². The highest BCUT2D eigenvalue weighted by molar-refractivity contribution is 7.25. The van der Waals surface area contributed by atoms with Gasteiger partial charge in [0, 0.05) is 15.8 Å². The van der Waals surface area contributed by atoms with Gasteiger partial charge in [-0.15, -0.1) is 22.7 Å². The predicted octanol–water partition coefficient (Wildman–Crippen LogP) is 5.35. The van der Waals surface area contributed by atoms with E-state index >= 15 is 0 Å². The van der Waals surface area contributed by atoms with Crippen LogP contribution < -0.4 is 11.1 Å². The molecule has 3 N–H and O–H groups in total. The Kier molecular flexibility index (Phi) is 4.61. The molecule has 1 atom stereocenters. The lowest BCUT2D eigenvalue weighted by Gasteiger charge is -2.09. The Hall–Kier alpha value is -0.660. The van der Waals surface area contributed by atoms with Crippen LogP contribution in [-0.2, 0) is 13.0 Å². The molecule has 3 nitrogen and oxygen atoms in total. The van der Waals surface area contributed by atoms with Gasteiger partial charge in [-0.2, -0.15) is 4.37 Å². The van der Waals surface area contributed by atoms with E-state index < -0.39 is 0 Å². The molecular formula is C16H18ClN3S3. The number of nitrogens with zero attached hydrogens (tertiary/aromatic N) is 1. The molecule has 7 heteroatoms. The summed E-state index contributed by atoms with van der Waals surface area (Å²) >= 11 is 11.5. The summed E-state index contributed by atoms with van der Waals surface area (Å²) in [7, 11) is 0. The first-order valence-corrected chi connectivity index (χ1v) is 10.6. The monoisotopic (exact) mass is 383 g/mol. The summed E-state index contributed by atoms with van der Waals surface area (Å²) in [5, 5.41) is 7.51. The van der Waals surface area contributed by atoms with Crippen LogP contribution in [0, 0.1) is 5.92 Å². The standard InChI is InChI=1S/C16H18ClN3S3/c17-13-12(7-10(18)6-9-3-4-9)22-15-14(13)20-23-16(15)19-8-11-2-1-5-21-11/h1-2,5,9-10,19H,3-4,6-8,18H2/t10-/m0/s1. The molecule has 0 bridgehead atoms. The fourth-order valence-electron chi connectivity index (χ4n) is 2.74. The van der Waals surface area contributed by atoms with Gasteiger partial charge in [-0.05, 0) is 41.7 Å². The van der Waals surface area contributed by atoms with Crippen molar-refractivity contribution in [3.8, 4) is 0 Å². The molecule has 1 fully saturated rings. The van der Waals surface area contributed by atoms with Gasteiger partial charge in [0.05, 0.1) is 16.3 Å². The number of rotatable bonds is 7. The maximum absolute atomic E-state index is 6.54. The first-order chi connectivity index (χ1) is 11.2. The number of halogens is 1. The van der Waals surface area contributed by atoms with E-state index in [1.54, 1.807) is 22.7 Å². The van der Waals surface area contributed by atoms with Crippen molar-refractivity contribution in [2.24, 2.45) is 11.7 Å². The molecule has 1 saturated carbocycles. The van der Waals surface area contributed by atoms with Crippen molar-refractivity contribution in [2.45, 2.75) is 38.3 Å². The van der Waals surface area contributed by atoms with Crippen LogP contribution in [0.5, 0.6) is 0 Å². The van der Waals surface area contributed by atoms with E-state index in [0.29, 0.717) is 0 Å². The van der Waals surface area contributed by atoms with Gasteiger partial charge in [0.25, 0.3) is 0 Å². The molecule has 3 heterocycles. The lowest BCUT2D eigenvalue weighted by molar-refractivity contribution is 0.570. The molecular weight excluding hydrogens is 366 g/mol. The first-order valence-electron chi connectivity index (χ1n) is 7.79. The summed E-state index contributed by atoms with van der Waals surface area (Å²) < 4.78 is 5.71. The molecule has 3 aromatic heterocycles. The van der Waals surface area contributed by atoms with E-state index in [-0.39, 0.29) is 6.04 Å². The molecule has 122 valence electrons. The van der Waals surface area contributed by atoms with Crippen molar-refractivity contribution < 1.29 is 0 Å². The summed E-state index contributed by atoms with van der Waals surface area (Å²) in [5.74, 6) is 0.852. The van der Waals surface area contributed by atoms with Crippen molar-refractivity contribution in [1.82, 2.24) is 4.37 Å². The zero-order valence-corrected chi connectivity index (χ0v) is 15.8. The molecule has 23 heavy (non-hydrogen) atoms. The van der Waals surface area contributed by atoms with Gasteiger partial charge in [-0.3, -0.25) is 0 Å².